The number of hydrogen-bond acceptors (Lipinski definition) is 4. The largest absolute Gasteiger partial charge is 0.495 e. The van der Waals surface area contributed by atoms with Gasteiger partial charge in [0, 0.05) is 12.7 Å². The van der Waals surface area contributed by atoms with Crippen LogP contribution >= 0.6 is 0 Å². The van der Waals surface area contributed by atoms with Crippen LogP contribution in [0.2, 0.25) is 0 Å². The summed E-state index contributed by atoms with van der Waals surface area (Å²) < 4.78 is 5.20. The molecule has 0 unspecified atom stereocenters. The fourth-order valence-electron chi connectivity index (χ4n) is 1.94. The number of carbonyl (C=O) groups is 1. The lowest BCUT2D eigenvalue weighted by Crippen LogP contribution is -2.24. The maximum Gasteiger partial charge on any atom is 0.263 e. The molecule has 2 rings (SSSR count). The Kier molecular flexibility index (Phi) is 5.78. The van der Waals surface area contributed by atoms with Gasteiger partial charge in [-0.3, -0.25) is 4.79 Å². The molecule has 2 N–H and O–H groups in total. The number of hydrogen-bond donors (Lipinski definition) is 2. The third kappa shape index (κ3) is 4.61. The standard InChI is InChI=1S/C18H17N3O2/c1-23-17-10-6-5-9-16(17)20-13-15(11-19)18(22)21-12-14-7-3-2-4-8-14/h2-10,13,20H,12H2,1H3,(H,21,22)/b15-13-. The molecule has 0 aliphatic rings. The molecule has 0 heterocycles. The molecule has 0 aromatic heterocycles. The Morgan fingerprint density at radius 1 is 1.17 bits per heavy atom. The van der Waals surface area contributed by atoms with Gasteiger partial charge in [-0.15, -0.1) is 0 Å². The summed E-state index contributed by atoms with van der Waals surface area (Å²) in [5, 5.41) is 14.8. The number of amides is 1. The smallest absolute Gasteiger partial charge is 0.263 e. The van der Waals surface area contributed by atoms with E-state index in [1.165, 1.54) is 6.20 Å². The van der Waals surface area contributed by atoms with Crippen molar-refractivity contribution in [1.82, 2.24) is 5.32 Å². The zero-order valence-corrected chi connectivity index (χ0v) is 12.7. The summed E-state index contributed by atoms with van der Waals surface area (Å²) in [6.07, 6.45) is 1.37. The molecule has 23 heavy (non-hydrogen) atoms. The van der Waals surface area contributed by atoms with Crippen molar-refractivity contribution < 1.29 is 9.53 Å². The summed E-state index contributed by atoms with van der Waals surface area (Å²) in [6, 6.07) is 18.7. The van der Waals surface area contributed by atoms with E-state index in [4.69, 9.17) is 10.00 Å². The molecule has 0 saturated carbocycles. The Morgan fingerprint density at radius 2 is 1.87 bits per heavy atom. The highest BCUT2D eigenvalue weighted by Crippen LogP contribution is 2.23. The van der Waals surface area contributed by atoms with Crippen LogP contribution in [0.1, 0.15) is 5.56 Å². The molecule has 2 aromatic rings. The molecule has 5 heteroatoms. The molecular formula is C18H17N3O2. The van der Waals surface area contributed by atoms with E-state index in [1.807, 2.05) is 48.5 Å². The Labute approximate surface area is 135 Å². The van der Waals surface area contributed by atoms with Crippen molar-refractivity contribution in [3.63, 3.8) is 0 Å². The summed E-state index contributed by atoms with van der Waals surface area (Å²) in [5.41, 5.74) is 1.64. The lowest BCUT2D eigenvalue weighted by molar-refractivity contribution is -0.117. The van der Waals surface area contributed by atoms with Crippen molar-refractivity contribution in [2.24, 2.45) is 0 Å². The van der Waals surface area contributed by atoms with Gasteiger partial charge >= 0.3 is 0 Å². The summed E-state index contributed by atoms with van der Waals surface area (Å²) in [5.74, 6) is 0.199. The average molecular weight is 307 g/mol. The SMILES string of the molecule is COc1ccccc1N/C=C(/C#N)C(=O)NCc1ccccc1. The van der Waals surface area contributed by atoms with E-state index in [0.29, 0.717) is 18.0 Å². The van der Waals surface area contributed by atoms with Gasteiger partial charge in [-0.1, -0.05) is 42.5 Å². The van der Waals surface area contributed by atoms with Crippen molar-refractivity contribution in [3.8, 4) is 11.8 Å². The van der Waals surface area contributed by atoms with Gasteiger partial charge in [-0.2, -0.15) is 5.26 Å². The van der Waals surface area contributed by atoms with Crippen molar-refractivity contribution >= 4 is 11.6 Å². The van der Waals surface area contributed by atoms with Crippen LogP contribution < -0.4 is 15.4 Å². The number of methoxy groups -OCH3 is 1. The molecule has 0 fully saturated rings. The molecule has 116 valence electrons. The highest BCUT2D eigenvalue weighted by molar-refractivity contribution is 5.97. The van der Waals surface area contributed by atoms with Crippen LogP contribution in [-0.2, 0) is 11.3 Å². The number of rotatable bonds is 6. The van der Waals surface area contributed by atoms with Crippen molar-refractivity contribution in [2.45, 2.75) is 6.54 Å². The predicted molar refractivity (Wildman–Crippen MR) is 88.6 cm³/mol. The lowest BCUT2D eigenvalue weighted by atomic mass is 10.2. The quantitative estimate of drug-likeness (QED) is 0.636. The van der Waals surface area contributed by atoms with Gasteiger partial charge in [0.2, 0.25) is 0 Å². The molecule has 0 aliphatic heterocycles. The zero-order chi connectivity index (χ0) is 16.5. The van der Waals surface area contributed by atoms with Crippen LogP contribution in [0.5, 0.6) is 5.75 Å². The minimum atomic E-state index is -0.432. The lowest BCUT2D eigenvalue weighted by Gasteiger charge is -2.08. The molecular weight excluding hydrogens is 290 g/mol. The van der Waals surface area contributed by atoms with Crippen LogP contribution in [0.25, 0.3) is 0 Å². The number of anilines is 1. The molecule has 5 nitrogen and oxygen atoms in total. The summed E-state index contributed by atoms with van der Waals surface area (Å²) in [7, 11) is 1.56. The van der Waals surface area contributed by atoms with E-state index in [2.05, 4.69) is 10.6 Å². The van der Waals surface area contributed by atoms with Crippen molar-refractivity contribution in [1.29, 1.82) is 5.26 Å². The van der Waals surface area contributed by atoms with E-state index in [0.717, 1.165) is 5.56 Å². The van der Waals surface area contributed by atoms with Gasteiger partial charge in [0.25, 0.3) is 5.91 Å². The van der Waals surface area contributed by atoms with Gasteiger partial charge in [0.05, 0.1) is 12.8 Å². The van der Waals surface area contributed by atoms with Gasteiger partial charge in [-0.05, 0) is 17.7 Å². The second-order valence-electron chi connectivity index (χ2n) is 4.68. The number of benzene rings is 2. The fourth-order valence-corrected chi connectivity index (χ4v) is 1.94. The minimum absolute atomic E-state index is 0.00756. The molecule has 0 saturated heterocycles. The predicted octanol–water partition coefficient (Wildman–Crippen LogP) is 2.83. The Morgan fingerprint density at radius 3 is 2.57 bits per heavy atom. The molecule has 0 radical (unpaired) electrons. The van der Waals surface area contributed by atoms with Crippen LogP contribution in [-0.4, -0.2) is 13.0 Å². The van der Waals surface area contributed by atoms with Crippen LogP contribution in [0, 0.1) is 11.3 Å². The zero-order valence-electron chi connectivity index (χ0n) is 12.7. The number of ether oxygens (including phenoxy) is 1. The first-order chi connectivity index (χ1) is 11.2. The minimum Gasteiger partial charge on any atom is -0.495 e. The first kappa shape index (κ1) is 16.1. The normalized spacial score (nSPS) is 10.5. The van der Waals surface area contributed by atoms with E-state index in [-0.39, 0.29) is 5.57 Å². The van der Waals surface area contributed by atoms with E-state index in [9.17, 15) is 4.79 Å². The topological polar surface area (TPSA) is 74.1 Å². The maximum absolute atomic E-state index is 12.1. The summed E-state index contributed by atoms with van der Waals surface area (Å²) in [4.78, 5) is 12.1. The second-order valence-corrected chi connectivity index (χ2v) is 4.68. The summed E-state index contributed by atoms with van der Waals surface area (Å²) >= 11 is 0. The van der Waals surface area contributed by atoms with E-state index >= 15 is 0 Å². The highest BCUT2D eigenvalue weighted by Gasteiger charge is 2.09. The van der Waals surface area contributed by atoms with Gasteiger partial charge in [-0.25, -0.2) is 0 Å². The number of nitrogens with zero attached hydrogens (tertiary/aromatic N) is 1. The number of nitrogens with one attached hydrogen (secondary N) is 2. The molecule has 0 aliphatic carbocycles. The number of nitriles is 1. The number of carbonyl (C=O) groups excluding carboxylic acids is 1. The van der Waals surface area contributed by atoms with Crippen molar-refractivity contribution in [2.75, 3.05) is 12.4 Å². The summed E-state index contributed by atoms with van der Waals surface area (Å²) in [6.45, 7) is 0.368. The third-order valence-electron chi connectivity index (χ3n) is 3.14. The van der Waals surface area contributed by atoms with Crippen LogP contribution in [0.3, 0.4) is 0 Å². The van der Waals surface area contributed by atoms with Crippen LogP contribution in [0.4, 0.5) is 5.69 Å². The average Bonchev–Trinajstić information content (AvgIpc) is 2.61. The Bertz CT molecular complexity index is 733. The van der Waals surface area contributed by atoms with Gasteiger partial charge in [0.15, 0.2) is 0 Å². The third-order valence-corrected chi connectivity index (χ3v) is 3.14. The maximum atomic E-state index is 12.1. The molecule has 1 amide bonds. The first-order valence-electron chi connectivity index (χ1n) is 7.06. The van der Waals surface area contributed by atoms with Crippen molar-refractivity contribution in [3.05, 3.63) is 71.9 Å². The van der Waals surface area contributed by atoms with E-state index in [1.54, 1.807) is 19.2 Å². The monoisotopic (exact) mass is 307 g/mol. The highest BCUT2D eigenvalue weighted by atomic mass is 16.5. The molecule has 0 bridgehead atoms. The molecule has 2 aromatic carbocycles. The first-order valence-corrected chi connectivity index (χ1v) is 7.06. The Hall–Kier alpha value is -3.26. The molecule has 0 atom stereocenters. The van der Waals surface area contributed by atoms with E-state index < -0.39 is 5.91 Å². The molecule has 0 spiro atoms. The van der Waals surface area contributed by atoms with Crippen LogP contribution in [0.15, 0.2) is 66.4 Å². The second kappa shape index (κ2) is 8.25. The van der Waals surface area contributed by atoms with Gasteiger partial charge in [0.1, 0.15) is 17.4 Å². The number of para-hydroxylation sites is 2. The van der Waals surface area contributed by atoms with Gasteiger partial charge < -0.3 is 15.4 Å². The fraction of sp³-hybridized carbons (Fsp3) is 0.111. The Balaban J connectivity index is 2.01.